The minimum absolute atomic E-state index is 0.0815. The molecule has 1 aliphatic heterocycles. The van der Waals surface area contributed by atoms with Gasteiger partial charge in [-0.2, -0.15) is 5.10 Å². The van der Waals surface area contributed by atoms with Gasteiger partial charge in [-0.15, -0.1) is 0 Å². The van der Waals surface area contributed by atoms with Gasteiger partial charge in [-0.25, -0.2) is 14.6 Å². The average molecular weight is 410 g/mol. The molecule has 0 fully saturated rings. The fourth-order valence-corrected chi connectivity index (χ4v) is 3.35. The number of benzene rings is 1. The maximum atomic E-state index is 8.88. The quantitative estimate of drug-likeness (QED) is 0.504. The Morgan fingerprint density at radius 1 is 1.38 bits per heavy atom. The number of nitrogens with one attached hydrogen (secondary N) is 1. The predicted molar refractivity (Wildman–Crippen MR) is 93.2 cm³/mol. The molecule has 0 saturated carbocycles. The highest BCUT2D eigenvalue weighted by atomic mass is 79.9. The van der Waals surface area contributed by atoms with Crippen LogP contribution in [0.2, 0.25) is 5.15 Å². The van der Waals surface area contributed by atoms with Crippen molar-refractivity contribution in [2.45, 2.75) is 13.1 Å². The summed E-state index contributed by atoms with van der Waals surface area (Å²) in [5.74, 6) is 1.46. The highest BCUT2D eigenvalue weighted by Crippen LogP contribution is 2.34. The van der Waals surface area contributed by atoms with Gasteiger partial charge >= 0.3 is 0 Å². The zero-order valence-corrected chi connectivity index (χ0v) is 14.9. The Morgan fingerprint density at radius 2 is 2.25 bits per heavy atom. The smallest absolute Gasteiger partial charge is 0.165 e. The maximum Gasteiger partial charge on any atom is 0.165 e. The molecule has 0 saturated heterocycles. The molecule has 3 heterocycles. The number of halogens is 2. The zero-order valence-electron chi connectivity index (χ0n) is 12.6. The standard InChI is InChI=1S/C15H14BrClN6O/c16-9-1-2-11-10(5-9)15-20-13(6-18-3-4-24)21-23(15)7-12-14(17)19-8-22(11)12/h1-2,5,8,18,24H,3-4,6-7H2. The van der Waals surface area contributed by atoms with E-state index in [0.29, 0.717) is 30.6 Å². The van der Waals surface area contributed by atoms with E-state index >= 15 is 0 Å². The van der Waals surface area contributed by atoms with Crippen LogP contribution in [0.25, 0.3) is 17.1 Å². The molecule has 0 radical (unpaired) electrons. The molecule has 0 aliphatic carbocycles. The van der Waals surface area contributed by atoms with Crippen LogP contribution in [0, 0.1) is 0 Å². The highest BCUT2D eigenvalue weighted by Gasteiger charge is 2.24. The molecule has 4 rings (SSSR count). The summed E-state index contributed by atoms with van der Waals surface area (Å²) in [5, 5.41) is 17.0. The summed E-state index contributed by atoms with van der Waals surface area (Å²) in [4.78, 5) is 8.88. The minimum Gasteiger partial charge on any atom is -0.395 e. The predicted octanol–water partition coefficient (Wildman–Crippen LogP) is 1.99. The van der Waals surface area contributed by atoms with E-state index in [0.717, 1.165) is 27.2 Å². The number of aromatic nitrogens is 5. The number of imidazole rings is 1. The molecule has 24 heavy (non-hydrogen) atoms. The molecular formula is C15H14BrClN6O. The van der Waals surface area contributed by atoms with E-state index < -0.39 is 0 Å². The number of fused-ring (bicyclic) bond motifs is 5. The Hall–Kier alpha value is -1.74. The molecule has 2 aromatic heterocycles. The number of rotatable bonds is 4. The summed E-state index contributed by atoms with van der Waals surface area (Å²) < 4.78 is 4.78. The summed E-state index contributed by atoms with van der Waals surface area (Å²) in [6, 6.07) is 6.00. The van der Waals surface area contributed by atoms with Crippen LogP contribution in [0.1, 0.15) is 11.5 Å². The first-order valence-corrected chi connectivity index (χ1v) is 8.62. The topological polar surface area (TPSA) is 80.8 Å². The molecule has 0 atom stereocenters. The fourth-order valence-electron chi connectivity index (χ4n) is 2.79. The maximum absolute atomic E-state index is 8.88. The second-order valence-electron chi connectivity index (χ2n) is 5.42. The van der Waals surface area contributed by atoms with E-state index in [2.05, 4.69) is 36.3 Å². The van der Waals surface area contributed by atoms with Crippen LogP contribution in [-0.4, -0.2) is 42.6 Å². The van der Waals surface area contributed by atoms with Gasteiger partial charge in [0, 0.05) is 16.6 Å². The summed E-state index contributed by atoms with van der Waals surface area (Å²) in [7, 11) is 0. The zero-order chi connectivity index (χ0) is 16.7. The van der Waals surface area contributed by atoms with Crippen LogP contribution in [0.4, 0.5) is 0 Å². The van der Waals surface area contributed by atoms with Gasteiger partial charge in [0.2, 0.25) is 0 Å². The second kappa shape index (κ2) is 6.29. The molecule has 9 heteroatoms. The van der Waals surface area contributed by atoms with Gasteiger partial charge in [0.1, 0.15) is 6.33 Å². The van der Waals surface area contributed by atoms with Crippen molar-refractivity contribution in [3.63, 3.8) is 0 Å². The van der Waals surface area contributed by atoms with E-state index in [9.17, 15) is 0 Å². The normalized spacial score (nSPS) is 12.5. The SMILES string of the molecule is OCCNCc1nc2n(n1)Cc1c(Cl)ncn1-c1ccc(Br)cc1-2. The lowest BCUT2D eigenvalue weighted by Crippen LogP contribution is -2.18. The average Bonchev–Trinajstić information content (AvgIpc) is 3.10. The Morgan fingerprint density at radius 3 is 3.08 bits per heavy atom. The van der Waals surface area contributed by atoms with Crippen LogP contribution in [0.3, 0.4) is 0 Å². The minimum atomic E-state index is 0.0815. The van der Waals surface area contributed by atoms with Crippen molar-refractivity contribution in [3.05, 3.63) is 45.7 Å². The molecule has 1 aromatic carbocycles. The lowest BCUT2D eigenvalue weighted by molar-refractivity contribution is 0.291. The van der Waals surface area contributed by atoms with Crippen molar-refractivity contribution < 1.29 is 5.11 Å². The monoisotopic (exact) mass is 408 g/mol. The highest BCUT2D eigenvalue weighted by molar-refractivity contribution is 9.10. The molecule has 2 N–H and O–H groups in total. The van der Waals surface area contributed by atoms with Crippen molar-refractivity contribution in [1.82, 2.24) is 29.6 Å². The lowest BCUT2D eigenvalue weighted by Gasteiger charge is -2.08. The molecule has 7 nitrogen and oxygen atoms in total. The third-order valence-electron chi connectivity index (χ3n) is 3.86. The second-order valence-corrected chi connectivity index (χ2v) is 6.70. The Labute approximate surface area is 151 Å². The van der Waals surface area contributed by atoms with Crippen LogP contribution >= 0.6 is 27.5 Å². The molecule has 124 valence electrons. The Kier molecular flexibility index (Phi) is 4.13. The first kappa shape index (κ1) is 15.8. The van der Waals surface area contributed by atoms with Gasteiger partial charge in [0.25, 0.3) is 0 Å². The molecule has 0 amide bonds. The van der Waals surface area contributed by atoms with Gasteiger partial charge in [-0.3, -0.25) is 4.57 Å². The summed E-state index contributed by atoms with van der Waals surface area (Å²) in [5.41, 5.74) is 2.80. The lowest BCUT2D eigenvalue weighted by atomic mass is 10.1. The largest absolute Gasteiger partial charge is 0.395 e. The van der Waals surface area contributed by atoms with Gasteiger partial charge in [0.05, 0.1) is 31.1 Å². The molecule has 0 spiro atoms. The van der Waals surface area contributed by atoms with Crippen molar-refractivity contribution >= 4 is 27.5 Å². The van der Waals surface area contributed by atoms with Crippen LogP contribution in [-0.2, 0) is 13.1 Å². The Bertz CT molecular complexity index is 906. The molecule has 0 unspecified atom stereocenters. The van der Waals surface area contributed by atoms with Gasteiger partial charge in [0.15, 0.2) is 16.8 Å². The first-order chi connectivity index (χ1) is 11.7. The molecule has 1 aliphatic rings. The molecule has 3 aromatic rings. The van der Waals surface area contributed by atoms with Gasteiger partial charge in [-0.1, -0.05) is 27.5 Å². The van der Waals surface area contributed by atoms with Crippen LogP contribution in [0.5, 0.6) is 0 Å². The summed E-state index contributed by atoms with van der Waals surface area (Å²) in [6.45, 7) is 1.58. The summed E-state index contributed by atoms with van der Waals surface area (Å²) in [6.07, 6.45) is 1.72. The number of nitrogens with zero attached hydrogens (tertiary/aromatic N) is 5. The number of hydrogen-bond acceptors (Lipinski definition) is 5. The number of aliphatic hydroxyl groups is 1. The van der Waals surface area contributed by atoms with Crippen LogP contribution < -0.4 is 5.32 Å². The van der Waals surface area contributed by atoms with E-state index in [4.69, 9.17) is 16.7 Å². The Balaban J connectivity index is 1.85. The summed E-state index contributed by atoms with van der Waals surface area (Å²) >= 11 is 9.78. The van der Waals surface area contributed by atoms with Gasteiger partial charge in [-0.05, 0) is 18.2 Å². The number of aliphatic hydroxyl groups excluding tert-OH is 1. The third kappa shape index (κ3) is 2.65. The number of hydrogen-bond donors (Lipinski definition) is 2. The van der Waals surface area contributed by atoms with Crippen molar-refractivity contribution in [1.29, 1.82) is 0 Å². The van der Waals surface area contributed by atoms with Crippen molar-refractivity contribution in [3.8, 4) is 17.1 Å². The molecule has 0 bridgehead atoms. The van der Waals surface area contributed by atoms with E-state index in [-0.39, 0.29) is 6.61 Å². The van der Waals surface area contributed by atoms with E-state index in [1.165, 1.54) is 0 Å². The van der Waals surface area contributed by atoms with Gasteiger partial charge < -0.3 is 10.4 Å². The van der Waals surface area contributed by atoms with E-state index in [1.807, 2.05) is 27.4 Å². The van der Waals surface area contributed by atoms with Crippen molar-refractivity contribution in [2.24, 2.45) is 0 Å². The van der Waals surface area contributed by atoms with E-state index in [1.54, 1.807) is 6.33 Å². The van der Waals surface area contributed by atoms with Crippen molar-refractivity contribution in [2.75, 3.05) is 13.2 Å². The fraction of sp³-hybridized carbons (Fsp3) is 0.267. The molecular weight excluding hydrogens is 396 g/mol. The first-order valence-electron chi connectivity index (χ1n) is 7.44. The third-order valence-corrected chi connectivity index (χ3v) is 4.67. The van der Waals surface area contributed by atoms with Crippen LogP contribution in [0.15, 0.2) is 29.0 Å².